The third-order valence-electron chi connectivity index (χ3n) is 5.47. The zero-order chi connectivity index (χ0) is 25.0. The van der Waals surface area contributed by atoms with E-state index in [1.807, 2.05) is 13.8 Å². The Morgan fingerprint density at radius 2 is 1.85 bits per heavy atom. The predicted octanol–water partition coefficient (Wildman–Crippen LogP) is 2.56. The average Bonchev–Trinajstić information content (AvgIpc) is 2.77. The number of halogens is 3. The van der Waals surface area contributed by atoms with E-state index in [4.69, 9.17) is 4.74 Å². The van der Waals surface area contributed by atoms with E-state index in [0.717, 1.165) is 12.6 Å². The van der Waals surface area contributed by atoms with E-state index in [9.17, 15) is 32.7 Å². The summed E-state index contributed by atoms with van der Waals surface area (Å²) in [5, 5.41) is 12.7. The van der Waals surface area contributed by atoms with Gasteiger partial charge in [-0.25, -0.2) is 13.2 Å². The van der Waals surface area contributed by atoms with Crippen LogP contribution in [0, 0.1) is 17.5 Å². The summed E-state index contributed by atoms with van der Waals surface area (Å²) in [6, 6.07) is 0.559. The van der Waals surface area contributed by atoms with Crippen LogP contribution in [0.15, 0.2) is 23.1 Å². The molecule has 3 rings (SSSR count). The van der Waals surface area contributed by atoms with Gasteiger partial charge in [0.05, 0.1) is 12.6 Å². The number of rotatable bonds is 9. The molecule has 0 saturated heterocycles. The Hall–Kier alpha value is -3.34. The monoisotopic (exact) mass is 481 g/mol. The number of carbonyl (C=O) groups excluding carboxylic acids is 2. The van der Waals surface area contributed by atoms with Crippen LogP contribution in [0.3, 0.4) is 0 Å². The van der Waals surface area contributed by atoms with Crippen molar-refractivity contribution in [3.8, 4) is 5.75 Å². The lowest BCUT2D eigenvalue weighted by Gasteiger charge is -2.37. The number of aromatic nitrogens is 1. The summed E-state index contributed by atoms with van der Waals surface area (Å²) in [5.74, 6) is -5.96. The molecule has 0 radical (unpaired) electrons. The van der Waals surface area contributed by atoms with Crippen LogP contribution >= 0.6 is 0 Å². The molecular formula is C23H26F3N3O5. The first-order valence-electron chi connectivity index (χ1n) is 11.0. The van der Waals surface area contributed by atoms with Crippen LogP contribution in [-0.2, 0) is 17.8 Å². The lowest BCUT2D eigenvalue weighted by molar-refractivity contribution is 0.0299. The van der Waals surface area contributed by atoms with Gasteiger partial charge in [-0.05, 0) is 12.8 Å². The summed E-state index contributed by atoms with van der Waals surface area (Å²) in [7, 11) is 0. The molecule has 34 heavy (non-hydrogen) atoms. The average molecular weight is 481 g/mol. The fourth-order valence-electron chi connectivity index (χ4n) is 3.84. The van der Waals surface area contributed by atoms with Crippen LogP contribution < -0.4 is 10.7 Å². The number of nitrogens with zero attached hydrogens (tertiary/aromatic N) is 2. The van der Waals surface area contributed by atoms with Crippen molar-refractivity contribution in [2.75, 3.05) is 19.8 Å². The molecule has 2 aromatic rings. The van der Waals surface area contributed by atoms with Crippen molar-refractivity contribution in [2.45, 2.75) is 45.8 Å². The summed E-state index contributed by atoms with van der Waals surface area (Å²) >= 11 is 0. The van der Waals surface area contributed by atoms with Crippen molar-refractivity contribution in [3.05, 3.63) is 62.8 Å². The number of hydrogen-bond donors (Lipinski definition) is 2. The van der Waals surface area contributed by atoms with E-state index < -0.39 is 58.1 Å². The lowest BCUT2D eigenvalue weighted by atomic mass is 10.1. The Kier molecular flexibility index (Phi) is 7.98. The van der Waals surface area contributed by atoms with Crippen molar-refractivity contribution in [1.29, 1.82) is 0 Å². The second kappa shape index (κ2) is 10.7. The number of hydrogen-bond acceptors (Lipinski definition) is 5. The van der Waals surface area contributed by atoms with Crippen molar-refractivity contribution in [2.24, 2.45) is 0 Å². The zero-order valence-electron chi connectivity index (χ0n) is 18.9. The van der Waals surface area contributed by atoms with Crippen LogP contribution in [0.1, 0.15) is 53.1 Å². The highest BCUT2D eigenvalue weighted by Crippen LogP contribution is 2.24. The summed E-state index contributed by atoms with van der Waals surface area (Å²) in [6.07, 6.45) is 2.58. The van der Waals surface area contributed by atoms with Gasteiger partial charge in [-0.2, -0.15) is 0 Å². The second-order valence-electron chi connectivity index (χ2n) is 7.98. The molecule has 8 nitrogen and oxygen atoms in total. The van der Waals surface area contributed by atoms with E-state index in [2.05, 4.69) is 5.32 Å². The molecule has 0 bridgehead atoms. The number of ether oxygens (including phenoxy) is 1. The molecular weight excluding hydrogens is 455 g/mol. The fraction of sp³-hybridized carbons (Fsp3) is 0.435. The highest BCUT2D eigenvalue weighted by Gasteiger charge is 2.36. The van der Waals surface area contributed by atoms with Gasteiger partial charge in [0.25, 0.3) is 11.8 Å². The molecule has 2 heterocycles. The molecule has 0 fully saturated rings. The normalized spacial score (nSPS) is 15.4. The van der Waals surface area contributed by atoms with Crippen LogP contribution in [-0.4, -0.2) is 52.2 Å². The van der Waals surface area contributed by atoms with Crippen LogP contribution in [0.25, 0.3) is 0 Å². The van der Waals surface area contributed by atoms with Gasteiger partial charge in [0, 0.05) is 50.1 Å². The molecule has 0 aliphatic carbocycles. The summed E-state index contributed by atoms with van der Waals surface area (Å²) in [5.41, 5.74) is -2.42. The highest BCUT2D eigenvalue weighted by molar-refractivity contribution is 5.99. The molecule has 0 spiro atoms. The minimum Gasteiger partial charge on any atom is -0.503 e. The minimum absolute atomic E-state index is 0.167. The Balaban J connectivity index is 1.90. The van der Waals surface area contributed by atoms with Gasteiger partial charge < -0.3 is 24.6 Å². The standard InChI is InChI=1S/C23H26F3N3O5/c1-3-5-29-14(12-34-6-4-2)10-28-11-16(20(30)21(31)19(28)23(29)33)22(32)27-9-15-17(25)7-13(24)8-18(15)26/h7-8,11,14,31H,3-6,9-10,12H2,1-2H3,(H,27,32)/t14-/m0/s1. The number of pyridine rings is 1. The maximum absolute atomic E-state index is 13.9. The van der Waals surface area contributed by atoms with Gasteiger partial charge >= 0.3 is 0 Å². The van der Waals surface area contributed by atoms with Gasteiger partial charge in [0.1, 0.15) is 23.0 Å². The minimum atomic E-state index is -1.20. The number of benzene rings is 1. The topological polar surface area (TPSA) is 101 Å². The van der Waals surface area contributed by atoms with Gasteiger partial charge in [-0.3, -0.25) is 14.4 Å². The van der Waals surface area contributed by atoms with Crippen molar-refractivity contribution in [1.82, 2.24) is 14.8 Å². The third kappa shape index (κ3) is 5.09. The molecule has 1 aromatic carbocycles. The number of nitrogens with one attached hydrogen (secondary N) is 1. The summed E-state index contributed by atoms with van der Waals surface area (Å²) in [6.45, 7) is 4.47. The van der Waals surface area contributed by atoms with Crippen LogP contribution in [0.5, 0.6) is 5.75 Å². The molecule has 2 N–H and O–H groups in total. The first-order valence-corrected chi connectivity index (χ1v) is 11.0. The van der Waals surface area contributed by atoms with Gasteiger partial charge in [0.15, 0.2) is 11.4 Å². The highest BCUT2D eigenvalue weighted by atomic mass is 19.1. The first-order chi connectivity index (χ1) is 16.2. The molecule has 1 aliphatic heterocycles. The number of fused-ring (bicyclic) bond motifs is 1. The van der Waals surface area contributed by atoms with Gasteiger partial charge in [-0.1, -0.05) is 13.8 Å². The maximum Gasteiger partial charge on any atom is 0.274 e. The van der Waals surface area contributed by atoms with E-state index in [1.54, 1.807) is 0 Å². The Morgan fingerprint density at radius 1 is 1.18 bits per heavy atom. The Morgan fingerprint density at radius 3 is 2.47 bits per heavy atom. The van der Waals surface area contributed by atoms with Crippen LogP contribution in [0.2, 0.25) is 0 Å². The third-order valence-corrected chi connectivity index (χ3v) is 5.47. The van der Waals surface area contributed by atoms with E-state index >= 15 is 0 Å². The molecule has 11 heteroatoms. The smallest absolute Gasteiger partial charge is 0.274 e. The van der Waals surface area contributed by atoms with Crippen molar-refractivity contribution >= 4 is 11.8 Å². The second-order valence-corrected chi connectivity index (χ2v) is 7.98. The Bertz CT molecular complexity index is 1130. The predicted molar refractivity (Wildman–Crippen MR) is 116 cm³/mol. The maximum atomic E-state index is 13.9. The summed E-state index contributed by atoms with van der Waals surface area (Å²) < 4.78 is 47.7. The Labute approximate surface area is 193 Å². The van der Waals surface area contributed by atoms with Crippen molar-refractivity contribution in [3.63, 3.8) is 0 Å². The molecule has 1 atom stereocenters. The lowest BCUT2D eigenvalue weighted by Crippen LogP contribution is -2.51. The molecule has 0 unspecified atom stereocenters. The quantitative estimate of drug-likeness (QED) is 0.537. The van der Waals surface area contributed by atoms with E-state index in [1.165, 1.54) is 9.47 Å². The van der Waals surface area contributed by atoms with E-state index in [0.29, 0.717) is 31.7 Å². The zero-order valence-corrected chi connectivity index (χ0v) is 18.9. The van der Waals surface area contributed by atoms with Crippen LogP contribution in [0.4, 0.5) is 13.2 Å². The largest absolute Gasteiger partial charge is 0.503 e. The molecule has 0 saturated carbocycles. The fourth-order valence-corrected chi connectivity index (χ4v) is 3.84. The van der Waals surface area contributed by atoms with Gasteiger partial charge in [0.2, 0.25) is 5.43 Å². The summed E-state index contributed by atoms with van der Waals surface area (Å²) in [4.78, 5) is 39.9. The molecule has 2 amide bonds. The molecule has 1 aliphatic rings. The number of aromatic hydroxyl groups is 1. The molecule has 184 valence electrons. The van der Waals surface area contributed by atoms with Crippen molar-refractivity contribution < 1.29 is 32.6 Å². The number of carbonyl (C=O) groups is 2. The first kappa shape index (κ1) is 25.3. The molecule has 1 aromatic heterocycles. The van der Waals surface area contributed by atoms with E-state index in [-0.39, 0.29) is 24.9 Å². The SMILES string of the molecule is CCCOC[C@@H]1Cn2cc(C(=O)NCc3c(F)cc(F)cc3F)c(=O)c(O)c2C(=O)N1CCC. The number of amides is 2. The van der Waals surface area contributed by atoms with Gasteiger partial charge in [-0.15, -0.1) is 0 Å².